The fraction of sp³-hybridized carbons (Fsp3) is 0.417. The highest BCUT2D eigenvalue weighted by atomic mass is 16.2. The molecule has 78 valence electrons. The van der Waals surface area contributed by atoms with Crippen molar-refractivity contribution in [2.24, 2.45) is 17.6 Å². The number of nitrogens with zero attached hydrogens (tertiary/aromatic N) is 1. The van der Waals surface area contributed by atoms with Gasteiger partial charge in [0.15, 0.2) is 0 Å². The summed E-state index contributed by atoms with van der Waals surface area (Å²) in [4.78, 5) is 13.7. The average molecular weight is 202 g/mol. The van der Waals surface area contributed by atoms with Crippen molar-refractivity contribution in [3.8, 4) is 0 Å². The Balaban J connectivity index is 1.84. The van der Waals surface area contributed by atoms with Crippen LogP contribution in [0, 0.1) is 11.8 Å². The molecule has 1 saturated carbocycles. The summed E-state index contributed by atoms with van der Waals surface area (Å²) in [6.07, 6.45) is 1.11. The first kappa shape index (κ1) is 8.92. The summed E-state index contributed by atoms with van der Waals surface area (Å²) < 4.78 is 0. The first-order valence-corrected chi connectivity index (χ1v) is 5.40. The van der Waals surface area contributed by atoms with Crippen LogP contribution in [0.5, 0.6) is 0 Å². The molecule has 1 aromatic carbocycles. The van der Waals surface area contributed by atoms with Gasteiger partial charge in [-0.25, -0.2) is 0 Å². The highest BCUT2D eigenvalue weighted by Crippen LogP contribution is 2.47. The molecule has 1 aliphatic heterocycles. The van der Waals surface area contributed by atoms with E-state index >= 15 is 0 Å². The van der Waals surface area contributed by atoms with Crippen LogP contribution in [0.25, 0.3) is 0 Å². The number of anilines is 1. The molecule has 0 aromatic heterocycles. The summed E-state index contributed by atoms with van der Waals surface area (Å²) in [5.41, 5.74) is 7.65. The predicted octanol–water partition coefficient (Wildman–Crippen LogP) is 1.13. The summed E-state index contributed by atoms with van der Waals surface area (Å²) in [5, 5.41) is 0. The molecule has 15 heavy (non-hydrogen) atoms. The zero-order valence-corrected chi connectivity index (χ0v) is 8.52. The average Bonchev–Trinajstić information content (AvgIpc) is 2.98. The first-order chi connectivity index (χ1) is 7.29. The van der Waals surface area contributed by atoms with Crippen LogP contribution in [0.4, 0.5) is 5.69 Å². The van der Waals surface area contributed by atoms with E-state index in [4.69, 9.17) is 5.73 Å². The molecular formula is C12H14N2O. The number of rotatable bonds is 2. The van der Waals surface area contributed by atoms with Crippen molar-refractivity contribution >= 4 is 11.6 Å². The van der Waals surface area contributed by atoms with Gasteiger partial charge in [-0.2, -0.15) is 0 Å². The lowest BCUT2D eigenvalue weighted by atomic mass is 10.2. The van der Waals surface area contributed by atoms with Crippen LogP contribution < -0.4 is 10.6 Å². The van der Waals surface area contributed by atoms with E-state index in [9.17, 15) is 4.79 Å². The molecule has 2 N–H and O–H groups in total. The summed E-state index contributed by atoms with van der Waals surface area (Å²) in [7, 11) is 0. The number of piperidine rings is 1. The fourth-order valence-electron chi connectivity index (χ4n) is 2.32. The monoisotopic (exact) mass is 202 g/mol. The SMILES string of the molecule is NCc1ccc(N2CC3CC3C2=O)cc1. The highest BCUT2D eigenvalue weighted by Gasteiger charge is 2.52. The normalized spacial score (nSPS) is 28.1. The van der Waals surface area contributed by atoms with Crippen LogP contribution in [0.2, 0.25) is 0 Å². The molecule has 1 aromatic rings. The minimum Gasteiger partial charge on any atom is -0.326 e. The van der Waals surface area contributed by atoms with Gasteiger partial charge in [-0.1, -0.05) is 12.1 Å². The molecule has 3 nitrogen and oxygen atoms in total. The van der Waals surface area contributed by atoms with Crippen molar-refractivity contribution in [3.63, 3.8) is 0 Å². The van der Waals surface area contributed by atoms with Crippen LogP contribution in [-0.2, 0) is 11.3 Å². The van der Waals surface area contributed by atoms with Crippen molar-refractivity contribution in [1.82, 2.24) is 0 Å². The Labute approximate surface area is 88.9 Å². The van der Waals surface area contributed by atoms with Gasteiger partial charge in [0.25, 0.3) is 0 Å². The van der Waals surface area contributed by atoms with Crippen molar-refractivity contribution < 1.29 is 4.79 Å². The molecule has 0 spiro atoms. The Kier molecular flexibility index (Phi) is 1.83. The number of carbonyl (C=O) groups excluding carboxylic acids is 1. The lowest BCUT2D eigenvalue weighted by molar-refractivity contribution is -0.118. The molecule has 3 heteroatoms. The zero-order chi connectivity index (χ0) is 10.4. The number of hydrogen-bond acceptors (Lipinski definition) is 2. The van der Waals surface area contributed by atoms with E-state index in [2.05, 4.69) is 0 Å². The molecule has 1 amide bonds. The largest absolute Gasteiger partial charge is 0.326 e. The van der Waals surface area contributed by atoms with Crippen LogP contribution >= 0.6 is 0 Å². The molecule has 2 fully saturated rings. The summed E-state index contributed by atoms with van der Waals surface area (Å²) in [6, 6.07) is 7.97. The van der Waals surface area contributed by atoms with Gasteiger partial charge < -0.3 is 10.6 Å². The maximum absolute atomic E-state index is 11.8. The third-order valence-electron chi connectivity index (χ3n) is 3.41. The fourth-order valence-corrected chi connectivity index (χ4v) is 2.32. The summed E-state index contributed by atoms with van der Waals surface area (Å²) in [5.74, 6) is 1.27. The molecule has 1 aliphatic carbocycles. The molecule has 2 atom stereocenters. The minimum atomic E-state index is 0.306. The molecule has 1 saturated heterocycles. The van der Waals surface area contributed by atoms with Gasteiger partial charge in [-0.05, 0) is 30.0 Å². The minimum absolute atomic E-state index is 0.306. The predicted molar refractivity (Wildman–Crippen MR) is 58.3 cm³/mol. The quantitative estimate of drug-likeness (QED) is 0.781. The van der Waals surface area contributed by atoms with Gasteiger partial charge in [0.05, 0.1) is 0 Å². The van der Waals surface area contributed by atoms with Crippen molar-refractivity contribution in [2.45, 2.75) is 13.0 Å². The number of fused-ring (bicyclic) bond motifs is 1. The smallest absolute Gasteiger partial charge is 0.230 e. The van der Waals surface area contributed by atoms with Crippen molar-refractivity contribution in [1.29, 1.82) is 0 Å². The van der Waals surface area contributed by atoms with Gasteiger partial charge in [0.1, 0.15) is 0 Å². The number of benzene rings is 1. The van der Waals surface area contributed by atoms with E-state index in [0.717, 1.165) is 24.2 Å². The molecule has 2 aliphatic rings. The molecule has 1 heterocycles. The Bertz CT molecular complexity index is 399. The van der Waals surface area contributed by atoms with E-state index in [0.29, 0.717) is 24.3 Å². The molecule has 3 rings (SSSR count). The second-order valence-electron chi connectivity index (χ2n) is 4.42. The third kappa shape index (κ3) is 1.35. The third-order valence-corrected chi connectivity index (χ3v) is 3.41. The second kappa shape index (κ2) is 3.07. The van der Waals surface area contributed by atoms with Crippen LogP contribution in [-0.4, -0.2) is 12.5 Å². The van der Waals surface area contributed by atoms with Gasteiger partial charge >= 0.3 is 0 Å². The van der Waals surface area contributed by atoms with Crippen LogP contribution in [0.3, 0.4) is 0 Å². The van der Waals surface area contributed by atoms with Gasteiger partial charge in [-0.15, -0.1) is 0 Å². The van der Waals surface area contributed by atoms with E-state index in [-0.39, 0.29) is 0 Å². The molecule has 2 unspecified atom stereocenters. The molecule has 0 bridgehead atoms. The number of hydrogen-bond donors (Lipinski definition) is 1. The first-order valence-electron chi connectivity index (χ1n) is 5.40. The van der Waals surface area contributed by atoms with Crippen LogP contribution in [0.15, 0.2) is 24.3 Å². The molecule has 0 radical (unpaired) electrons. The molecular weight excluding hydrogens is 188 g/mol. The standard InChI is InChI=1S/C12H14N2O/c13-6-8-1-3-10(4-2-8)14-7-9-5-11(9)12(14)15/h1-4,9,11H,5-7,13H2. The van der Waals surface area contributed by atoms with E-state index in [1.54, 1.807) is 0 Å². The summed E-state index contributed by atoms with van der Waals surface area (Å²) >= 11 is 0. The van der Waals surface area contributed by atoms with E-state index in [1.807, 2.05) is 29.2 Å². The van der Waals surface area contributed by atoms with Gasteiger partial charge in [-0.3, -0.25) is 4.79 Å². The van der Waals surface area contributed by atoms with Crippen molar-refractivity contribution in [2.75, 3.05) is 11.4 Å². The van der Waals surface area contributed by atoms with Gasteiger partial charge in [0.2, 0.25) is 5.91 Å². The van der Waals surface area contributed by atoms with E-state index in [1.165, 1.54) is 0 Å². The van der Waals surface area contributed by atoms with Crippen molar-refractivity contribution in [3.05, 3.63) is 29.8 Å². The zero-order valence-electron chi connectivity index (χ0n) is 8.52. The topological polar surface area (TPSA) is 46.3 Å². The summed E-state index contributed by atoms with van der Waals surface area (Å²) in [6.45, 7) is 1.46. The maximum Gasteiger partial charge on any atom is 0.230 e. The Hall–Kier alpha value is -1.35. The number of carbonyl (C=O) groups is 1. The second-order valence-corrected chi connectivity index (χ2v) is 4.42. The lowest BCUT2D eigenvalue weighted by Gasteiger charge is -2.18. The Morgan fingerprint density at radius 3 is 2.60 bits per heavy atom. The van der Waals surface area contributed by atoms with Crippen LogP contribution in [0.1, 0.15) is 12.0 Å². The lowest BCUT2D eigenvalue weighted by Crippen LogP contribution is -2.27. The maximum atomic E-state index is 11.8. The van der Waals surface area contributed by atoms with E-state index < -0.39 is 0 Å². The number of nitrogens with two attached hydrogens (primary N) is 1. The number of amides is 1. The Morgan fingerprint density at radius 2 is 2.07 bits per heavy atom. The van der Waals surface area contributed by atoms with Gasteiger partial charge in [0, 0.05) is 24.7 Å². The Morgan fingerprint density at radius 1 is 1.33 bits per heavy atom. The highest BCUT2D eigenvalue weighted by molar-refractivity contribution is 5.99.